The fourth-order valence-electron chi connectivity index (χ4n) is 2.47. The van der Waals surface area contributed by atoms with Crippen molar-refractivity contribution >= 4 is 17.0 Å². The summed E-state index contributed by atoms with van der Waals surface area (Å²) in [6.07, 6.45) is 0.498. The molecule has 0 atom stereocenters. The summed E-state index contributed by atoms with van der Waals surface area (Å²) >= 11 is 0. The van der Waals surface area contributed by atoms with E-state index in [2.05, 4.69) is 10.3 Å². The molecule has 0 saturated heterocycles. The molecule has 3 aromatic rings. The van der Waals surface area contributed by atoms with Crippen molar-refractivity contribution in [3.05, 3.63) is 53.9 Å². The molecule has 0 aliphatic rings. The van der Waals surface area contributed by atoms with Crippen molar-refractivity contribution in [3.8, 4) is 11.5 Å². The van der Waals surface area contributed by atoms with Gasteiger partial charge in [-0.05, 0) is 24.3 Å². The molecule has 1 heterocycles. The average Bonchev–Trinajstić information content (AvgIpc) is 3.03. The topological polar surface area (TPSA) is 73.6 Å². The Balaban J connectivity index is 1.67. The number of ether oxygens (including phenoxy) is 2. The first-order chi connectivity index (χ1) is 11.7. The van der Waals surface area contributed by atoms with Crippen molar-refractivity contribution in [3.63, 3.8) is 0 Å². The summed E-state index contributed by atoms with van der Waals surface area (Å²) in [6, 6.07) is 12.8. The number of fused-ring (bicyclic) bond motifs is 1. The monoisotopic (exact) mass is 326 g/mol. The molecule has 1 aromatic heterocycles. The molecule has 24 heavy (non-hydrogen) atoms. The summed E-state index contributed by atoms with van der Waals surface area (Å²) in [5.41, 5.74) is 1.93. The summed E-state index contributed by atoms with van der Waals surface area (Å²) < 4.78 is 16.1. The van der Waals surface area contributed by atoms with Gasteiger partial charge in [0.2, 0.25) is 0 Å². The van der Waals surface area contributed by atoms with Crippen LogP contribution in [0.25, 0.3) is 11.1 Å². The molecule has 1 N–H and O–H groups in total. The highest BCUT2D eigenvalue weighted by atomic mass is 16.5. The predicted molar refractivity (Wildman–Crippen MR) is 89.6 cm³/mol. The van der Waals surface area contributed by atoms with Gasteiger partial charge in [0.15, 0.2) is 11.5 Å². The summed E-state index contributed by atoms with van der Waals surface area (Å²) in [4.78, 5) is 16.8. The Kier molecular flexibility index (Phi) is 4.65. The maximum Gasteiger partial charge on any atom is 0.258 e. The zero-order chi connectivity index (χ0) is 16.9. The lowest BCUT2D eigenvalue weighted by Crippen LogP contribution is -2.26. The highest BCUT2D eigenvalue weighted by Gasteiger charge is 2.18. The molecule has 0 fully saturated rings. The predicted octanol–water partition coefficient (Wildman–Crippen LogP) is 2.82. The number of oxazole rings is 1. The van der Waals surface area contributed by atoms with E-state index >= 15 is 0 Å². The third-order valence-electron chi connectivity index (χ3n) is 3.62. The smallest absolute Gasteiger partial charge is 0.258 e. The Bertz CT molecular complexity index is 802. The first-order valence-electron chi connectivity index (χ1n) is 7.56. The number of para-hydroxylation sites is 2. The van der Waals surface area contributed by atoms with Crippen LogP contribution in [0.2, 0.25) is 0 Å². The number of nitrogens with zero attached hydrogens (tertiary/aromatic N) is 1. The summed E-state index contributed by atoms with van der Waals surface area (Å²) in [7, 11) is 3.04. The van der Waals surface area contributed by atoms with Crippen LogP contribution in [0.5, 0.6) is 11.5 Å². The third-order valence-corrected chi connectivity index (χ3v) is 3.62. The van der Waals surface area contributed by atoms with Crippen LogP contribution in [-0.4, -0.2) is 31.7 Å². The van der Waals surface area contributed by atoms with E-state index in [1.165, 1.54) is 14.2 Å². The number of carbonyl (C=O) groups excluding carboxylic acids is 1. The van der Waals surface area contributed by atoms with Gasteiger partial charge in [-0.1, -0.05) is 18.2 Å². The molecule has 6 nitrogen and oxygen atoms in total. The lowest BCUT2D eigenvalue weighted by Gasteiger charge is -2.12. The first-order valence-corrected chi connectivity index (χ1v) is 7.56. The van der Waals surface area contributed by atoms with E-state index in [1.54, 1.807) is 18.2 Å². The second-order valence-electron chi connectivity index (χ2n) is 5.12. The van der Waals surface area contributed by atoms with Crippen LogP contribution in [0, 0.1) is 0 Å². The maximum atomic E-state index is 12.4. The van der Waals surface area contributed by atoms with Gasteiger partial charge in [-0.3, -0.25) is 4.79 Å². The Morgan fingerprint density at radius 1 is 1.08 bits per heavy atom. The van der Waals surface area contributed by atoms with Crippen molar-refractivity contribution < 1.29 is 18.7 Å². The Morgan fingerprint density at radius 3 is 2.46 bits per heavy atom. The molecule has 0 saturated carbocycles. The van der Waals surface area contributed by atoms with Crippen LogP contribution >= 0.6 is 0 Å². The number of benzene rings is 2. The molecular formula is C18H18N2O4. The number of methoxy groups -OCH3 is 2. The molecule has 1 amide bonds. The van der Waals surface area contributed by atoms with Gasteiger partial charge in [0, 0.05) is 13.0 Å². The third kappa shape index (κ3) is 3.17. The number of carbonyl (C=O) groups is 1. The lowest BCUT2D eigenvalue weighted by atomic mass is 10.1. The van der Waals surface area contributed by atoms with Crippen molar-refractivity contribution in [1.82, 2.24) is 10.3 Å². The molecule has 2 aromatic carbocycles. The van der Waals surface area contributed by atoms with E-state index in [4.69, 9.17) is 13.9 Å². The molecule has 0 aliphatic carbocycles. The minimum Gasteiger partial charge on any atom is -0.496 e. The Morgan fingerprint density at radius 2 is 1.79 bits per heavy atom. The number of nitrogens with one attached hydrogen (secondary N) is 1. The van der Waals surface area contributed by atoms with Gasteiger partial charge in [0.25, 0.3) is 5.91 Å². The fourth-order valence-corrected chi connectivity index (χ4v) is 2.47. The SMILES string of the molecule is COc1cccc(OC)c1C(=O)NCCc1nc2ccccc2o1. The molecule has 0 bridgehead atoms. The van der Waals surface area contributed by atoms with E-state index in [9.17, 15) is 4.79 Å². The van der Waals surface area contributed by atoms with E-state index in [-0.39, 0.29) is 5.91 Å². The molecule has 6 heteroatoms. The largest absolute Gasteiger partial charge is 0.496 e. The van der Waals surface area contributed by atoms with Crippen molar-refractivity contribution in [2.75, 3.05) is 20.8 Å². The summed E-state index contributed by atoms with van der Waals surface area (Å²) in [5, 5.41) is 2.84. The highest BCUT2D eigenvalue weighted by Crippen LogP contribution is 2.27. The van der Waals surface area contributed by atoms with Gasteiger partial charge in [-0.25, -0.2) is 4.98 Å². The zero-order valence-electron chi connectivity index (χ0n) is 13.5. The number of amides is 1. The van der Waals surface area contributed by atoms with Crippen LogP contribution in [-0.2, 0) is 6.42 Å². The molecule has 0 unspecified atom stereocenters. The number of hydrogen-bond acceptors (Lipinski definition) is 5. The molecule has 124 valence electrons. The molecule has 0 radical (unpaired) electrons. The molecule has 3 rings (SSSR count). The summed E-state index contributed by atoms with van der Waals surface area (Å²) in [6.45, 7) is 0.396. The second-order valence-corrected chi connectivity index (χ2v) is 5.12. The lowest BCUT2D eigenvalue weighted by molar-refractivity contribution is 0.0947. The minimum atomic E-state index is -0.264. The van der Waals surface area contributed by atoms with E-state index in [0.29, 0.717) is 35.9 Å². The molecular weight excluding hydrogens is 308 g/mol. The second kappa shape index (κ2) is 7.04. The number of rotatable bonds is 6. The standard InChI is InChI=1S/C18H18N2O4/c1-22-14-8-5-9-15(23-2)17(14)18(21)19-11-10-16-20-12-6-3-4-7-13(12)24-16/h3-9H,10-11H2,1-2H3,(H,19,21). The van der Waals surface area contributed by atoms with Crippen LogP contribution in [0.15, 0.2) is 46.9 Å². The van der Waals surface area contributed by atoms with Gasteiger partial charge in [0.1, 0.15) is 22.6 Å². The molecule has 0 spiro atoms. The summed E-state index contributed by atoms with van der Waals surface area (Å²) in [5.74, 6) is 1.26. The molecule has 0 aliphatic heterocycles. The van der Waals surface area contributed by atoms with Gasteiger partial charge >= 0.3 is 0 Å². The minimum absolute atomic E-state index is 0.264. The highest BCUT2D eigenvalue weighted by molar-refractivity contribution is 5.99. The average molecular weight is 326 g/mol. The van der Waals surface area contributed by atoms with E-state index < -0.39 is 0 Å². The Hall–Kier alpha value is -3.02. The van der Waals surface area contributed by atoms with Crippen LogP contribution in [0.4, 0.5) is 0 Å². The van der Waals surface area contributed by atoms with Gasteiger partial charge in [-0.2, -0.15) is 0 Å². The maximum absolute atomic E-state index is 12.4. The van der Waals surface area contributed by atoms with Crippen molar-refractivity contribution in [1.29, 1.82) is 0 Å². The van der Waals surface area contributed by atoms with E-state index in [0.717, 1.165) is 11.1 Å². The van der Waals surface area contributed by atoms with Crippen molar-refractivity contribution in [2.24, 2.45) is 0 Å². The Labute approximate surface area is 139 Å². The van der Waals surface area contributed by atoms with Gasteiger partial charge in [-0.15, -0.1) is 0 Å². The van der Waals surface area contributed by atoms with Crippen LogP contribution in [0.1, 0.15) is 16.2 Å². The van der Waals surface area contributed by atoms with Crippen LogP contribution in [0.3, 0.4) is 0 Å². The first kappa shape index (κ1) is 15.9. The van der Waals surface area contributed by atoms with Gasteiger partial charge in [0.05, 0.1) is 14.2 Å². The fraction of sp³-hybridized carbons (Fsp3) is 0.222. The number of hydrogen-bond donors (Lipinski definition) is 1. The van der Waals surface area contributed by atoms with E-state index in [1.807, 2.05) is 24.3 Å². The van der Waals surface area contributed by atoms with Crippen LogP contribution < -0.4 is 14.8 Å². The normalized spacial score (nSPS) is 10.6. The quantitative estimate of drug-likeness (QED) is 0.754. The number of aromatic nitrogens is 1. The van der Waals surface area contributed by atoms with Crippen molar-refractivity contribution in [2.45, 2.75) is 6.42 Å². The zero-order valence-corrected chi connectivity index (χ0v) is 13.5. The van der Waals surface area contributed by atoms with Gasteiger partial charge < -0.3 is 19.2 Å².